The Morgan fingerprint density at radius 3 is 2.52 bits per heavy atom. The quantitative estimate of drug-likeness (QED) is 0.346. The van der Waals surface area contributed by atoms with Crippen LogP contribution in [0.4, 0.5) is 0 Å². The first-order chi connectivity index (χ1) is 10.0. The van der Waals surface area contributed by atoms with Crippen LogP contribution in [0.1, 0.15) is 25.7 Å². The van der Waals surface area contributed by atoms with E-state index in [0.717, 1.165) is 0 Å². The van der Waals surface area contributed by atoms with Crippen molar-refractivity contribution < 1.29 is 32.6 Å². The van der Waals surface area contributed by atoms with E-state index in [9.17, 15) is 13.8 Å². The van der Waals surface area contributed by atoms with Gasteiger partial charge in [-0.15, -0.1) is 0 Å². The smallest absolute Gasteiger partial charge is 0.306 e. The molecule has 0 bridgehead atoms. The van der Waals surface area contributed by atoms with E-state index < -0.39 is 29.3 Å². The van der Waals surface area contributed by atoms with Crippen molar-refractivity contribution in [1.29, 1.82) is 0 Å². The van der Waals surface area contributed by atoms with E-state index in [1.807, 2.05) is 0 Å². The average Bonchev–Trinajstić information content (AvgIpc) is 2.86. The van der Waals surface area contributed by atoms with Crippen LogP contribution in [-0.4, -0.2) is 58.2 Å². The zero-order chi connectivity index (χ0) is 15.7. The van der Waals surface area contributed by atoms with E-state index in [2.05, 4.69) is 12.6 Å². The number of carbonyl (C=O) groups excluding carboxylic acids is 2. The van der Waals surface area contributed by atoms with E-state index in [-0.39, 0.29) is 43.5 Å². The number of esters is 2. The van der Waals surface area contributed by atoms with Crippen LogP contribution in [0, 0.1) is 0 Å². The zero-order valence-electron chi connectivity index (χ0n) is 11.6. The molecule has 0 aromatic carbocycles. The Bertz CT molecular complexity index is 371. The lowest BCUT2D eigenvalue weighted by molar-refractivity contribution is -0.151. The second-order valence-corrected chi connectivity index (χ2v) is 6.09. The molecule has 1 aliphatic heterocycles. The molecule has 0 amide bonds. The SMILES string of the molecule is O=C(CCCCC(=O)OC1COS(=O)C1)OC(CO)CS. The summed E-state index contributed by atoms with van der Waals surface area (Å²) < 4.78 is 25.7. The van der Waals surface area contributed by atoms with E-state index >= 15 is 0 Å². The molecule has 0 spiro atoms. The molecular formula is C12H20O7S2. The molecule has 122 valence electrons. The molecule has 21 heavy (non-hydrogen) atoms. The van der Waals surface area contributed by atoms with Crippen molar-refractivity contribution in [3.63, 3.8) is 0 Å². The van der Waals surface area contributed by atoms with Gasteiger partial charge in [-0.2, -0.15) is 12.6 Å². The van der Waals surface area contributed by atoms with Crippen LogP contribution in [0.2, 0.25) is 0 Å². The summed E-state index contributed by atoms with van der Waals surface area (Å²) >= 11 is 2.58. The predicted molar refractivity (Wildman–Crippen MR) is 78.1 cm³/mol. The molecule has 1 rings (SSSR count). The van der Waals surface area contributed by atoms with Gasteiger partial charge in [0.25, 0.3) is 0 Å². The maximum absolute atomic E-state index is 11.5. The molecule has 1 fully saturated rings. The van der Waals surface area contributed by atoms with Gasteiger partial charge < -0.3 is 14.6 Å². The third-order valence-electron chi connectivity index (χ3n) is 2.72. The van der Waals surface area contributed by atoms with Crippen molar-refractivity contribution in [3.05, 3.63) is 0 Å². The van der Waals surface area contributed by atoms with Gasteiger partial charge in [0.2, 0.25) is 0 Å². The Morgan fingerprint density at radius 2 is 2.00 bits per heavy atom. The van der Waals surface area contributed by atoms with Gasteiger partial charge in [0.05, 0.1) is 12.4 Å². The summed E-state index contributed by atoms with van der Waals surface area (Å²) in [6.07, 6.45) is 0.319. The van der Waals surface area contributed by atoms with Gasteiger partial charge in [-0.3, -0.25) is 13.8 Å². The highest BCUT2D eigenvalue weighted by atomic mass is 32.2. The number of aliphatic hydroxyl groups is 1. The zero-order valence-corrected chi connectivity index (χ0v) is 13.3. The van der Waals surface area contributed by atoms with Crippen molar-refractivity contribution in [2.45, 2.75) is 37.9 Å². The van der Waals surface area contributed by atoms with Crippen molar-refractivity contribution in [2.24, 2.45) is 0 Å². The summed E-state index contributed by atoms with van der Waals surface area (Å²) in [4.78, 5) is 22.9. The van der Waals surface area contributed by atoms with Crippen LogP contribution in [0.15, 0.2) is 0 Å². The Hall–Kier alpha value is -0.640. The van der Waals surface area contributed by atoms with Crippen molar-refractivity contribution in [3.8, 4) is 0 Å². The predicted octanol–water partition coefficient (Wildman–Crippen LogP) is -0.0136. The molecule has 1 heterocycles. The standard InChI is InChI=1S/C12H20O7S2/c13-5-9(7-20)18-11(14)3-1-2-4-12(15)19-10-6-17-21(16)8-10/h9-10,13,20H,1-8H2. The minimum absolute atomic E-state index is 0.164. The Kier molecular flexibility index (Phi) is 8.90. The molecule has 1 N–H and O–H groups in total. The molecule has 0 aromatic heterocycles. The summed E-state index contributed by atoms with van der Waals surface area (Å²) in [6.45, 7) is -0.0939. The van der Waals surface area contributed by atoms with Gasteiger partial charge in [-0.1, -0.05) is 0 Å². The van der Waals surface area contributed by atoms with E-state index in [1.165, 1.54) is 0 Å². The summed E-state index contributed by atoms with van der Waals surface area (Å²) in [7, 11) is 0. The topological polar surface area (TPSA) is 99.1 Å². The molecule has 0 radical (unpaired) electrons. The molecule has 9 heteroatoms. The lowest BCUT2D eigenvalue weighted by Crippen LogP contribution is -2.23. The second kappa shape index (κ2) is 10.1. The highest BCUT2D eigenvalue weighted by molar-refractivity contribution is 7.80. The maximum Gasteiger partial charge on any atom is 0.306 e. The third kappa shape index (κ3) is 7.79. The normalized spacial score (nSPS) is 22.8. The van der Waals surface area contributed by atoms with Gasteiger partial charge in [0.15, 0.2) is 11.1 Å². The van der Waals surface area contributed by atoms with Crippen molar-refractivity contribution >= 4 is 35.6 Å². The number of rotatable bonds is 9. The van der Waals surface area contributed by atoms with Gasteiger partial charge in [0, 0.05) is 18.6 Å². The fraction of sp³-hybridized carbons (Fsp3) is 0.833. The first-order valence-electron chi connectivity index (χ1n) is 6.67. The molecule has 3 atom stereocenters. The molecule has 1 aliphatic rings. The number of hydrogen-bond donors (Lipinski definition) is 2. The van der Waals surface area contributed by atoms with Gasteiger partial charge in [-0.05, 0) is 12.8 Å². The van der Waals surface area contributed by atoms with Gasteiger partial charge in [-0.25, -0.2) is 4.21 Å². The summed E-state index contributed by atoms with van der Waals surface area (Å²) in [5.74, 6) is -0.334. The summed E-state index contributed by atoms with van der Waals surface area (Å²) in [6, 6.07) is 0. The molecule has 7 nitrogen and oxygen atoms in total. The van der Waals surface area contributed by atoms with Crippen LogP contribution in [0.5, 0.6) is 0 Å². The first-order valence-corrected chi connectivity index (χ1v) is 8.55. The summed E-state index contributed by atoms with van der Waals surface area (Å²) in [5, 5.41) is 8.85. The minimum Gasteiger partial charge on any atom is -0.459 e. The van der Waals surface area contributed by atoms with Crippen LogP contribution >= 0.6 is 12.6 Å². The fourth-order valence-electron chi connectivity index (χ4n) is 1.63. The van der Waals surface area contributed by atoms with Crippen LogP contribution < -0.4 is 0 Å². The first kappa shape index (κ1) is 18.4. The summed E-state index contributed by atoms with van der Waals surface area (Å²) in [5.41, 5.74) is 0. The van der Waals surface area contributed by atoms with Crippen LogP contribution in [-0.2, 0) is 34.3 Å². The Balaban J connectivity index is 2.06. The molecular weight excluding hydrogens is 320 g/mol. The van der Waals surface area contributed by atoms with Gasteiger partial charge >= 0.3 is 11.9 Å². The fourth-order valence-corrected chi connectivity index (χ4v) is 2.69. The van der Waals surface area contributed by atoms with E-state index in [1.54, 1.807) is 0 Å². The highest BCUT2D eigenvalue weighted by Gasteiger charge is 2.25. The number of carbonyl (C=O) groups is 2. The Labute approximate surface area is 131 Å². The maximum atomic E-state index is 11.5. The monoisotopic (exact) mass is 340 g/mol. The lowest BCUT2D eigenvalue weighted by atomic mass is 10.2. The largest absolute Gasteiger partial charge is 0.459 e. The minimum atomic E-state index is -1.36. The Morgan fingerprint density at radius 1 is 1.33 bits per heavy atom. The second-order valence-electron chi connectivity index (χ2n) is 4.55. The number of hydrogen-bond acceptors (Lipinski definition) is 8. The van der Waals surface area contributed by atoms with Gasteiger partial charge in [0.1, 0.15) is 18.8 Å². The van der Waals surface area contributed by atoms with E-state index in [4.69, 9.17) is 18.8 Å². The highest BCUT2D eigenvalue weighted by Crippen LogP contribution is 2.10. The number of unbranched alkanes of at least 4 members (excludes halogenated alkanes) is 1. The third-order valence-corrected chi connectivity index (χ3v) is 4.17. The van der Waals surface area contributed by atoms with Crippen molar-refractivity contribution in [1.82, 2.24) is 0 Å². The number of ether oxygens (including phenoxy) is 2. The number of aliphatic hydroxyl groups excluding tert-OH is 1. The lowest BCUT2D eigenvalue weighted by Gasteiger charge is -2.12. The average molecular weight is 340 g/mol. The molecule has 1 saturated heterocycles. The van der Waals surface area contributed by atoms with Crippen LogP contribution in [0.3, 0.4) is 0 Å². The molecule has 0 aromatic rings. The molecule has 3 unspecified atom stereocenters. The number of thiol groups is 1. The molecule has 0 aliphatic carbocycles. The van der Waals surface area contributed by atoms with Crippen molar-refractivity contribution in [2.75, 3.05) is 24.7 Å². The van der Waals surface area contributed by atoms with E-state index in [0.29, 0.717) is 12.8 Å². The van der Waals surface area contributed by atoms with Crippen LogP contribution in [0.25, 0.3) is 0 Å². The molecule has 0 saturated carbocycles.